The van der Waals surface area contributed by atoms with Gasteiger partial charge in [-0.3, -0.25) is 0 Å². The number of aliphatic carboxylic acids is 1. The Bertz CT molecular complexity index is 363. The number of carboxylic acids is 1. The maximum Gasteiger partial charge on any atom is 0.359 e. The SMILES string of the molecule is CC(C)(C)ON=C(C(=O)O)c1cccs1. The summed E-state index contributed by atoms with van der Waals surface area (Å²) < 4.78 is 0. The summed E-state index contributed by atoms with van der Waals surface area (Å²) in [7, 11) is 0. The van der Waals surface area contributed by atoms with E-state index in [0.717, 1.165) is 0 Å². The molecule has 1 heterocycles. The van der Waals surface area contributed by atoms with Crippen molar-refractivity contribution in [3.05, 3.63) is 22.4 Å². The van der Waals surface area contributed by atoms with Crippen LogP contribution in [0.1, 0.15) is 25.6 Å². The van der Waals surface area contributed by atoms with E-state index in [1.54, 1.807) is 17.5 Å². The van der Waals surface area contributed by atoms with Crippen molar-refractivity contribution in [3.8, 4) is 0 Å². The first kappa shape index (κ1) is 11.7. The summed E-state index contributed by atoms with van der Waals surface area (Å²) in [4.78, 5) is 16.6. The summed E-state index contributed by atoms with van der Waals surface area (Å²) in [5.41, 5.74) is -0.544. The van der Waals surface area contributed by atoms with Crippen LogP contribution in [0.4, 0.5) is 0 Å². The third kappa shape index (κ3) is 3.71. The average molecular weight is 227 g/mol. The molecule has 0 fully saturated rings. The molecular weight excluding hydrogens is 214 g/mol. The van der Waals surface area contributed by atoms with E-state index in [-0.39, 0.29) is 5.71 Å². The lowest BCUT2D eigenvalue weighted by atomic mass is 10.2. The lowest BCUT2D eigenvalue weighted by Gasteiger charge is -2.15. The maximum atomic E-state index is 10.9. The number of nitrogens with zero attached hydrogens (tertiary/aromatic N) is 1. The van der Waals surface area contributed by atoms with Crippen molar-refractivity contribution < 1.29 is 14.7 Å². The zero-order chi connectivity index (χ0) is 11.5. The first-order valence-corrected chi connectivity index (χ1v) is 5.31. The molecule has 1 aromatic rings. The second kappa shape index (κ2) is 4.44. The summed E-state index contributed by atoms with van der Waals surface area (Å²) in [5, 5.41) is 14.4. The summed E-state index contributed by atoms with van der Waals surface area (Å²) in [5.74, 6) is -1.08. The van der Waals surface area contributed by atoms with Crippen LogP contribution in [0.15, 0.2) is 22.7 Å². The Morgan fingerprint density at radius 3 is 2.60 bits per heavy atom. The molecule has 15 heavy (non-hydrogen) atoms. The standard InChI is InChI=1S/C10H13NO3S/c1-10(2,3)14-11-8(9(12)13)7-5-4-6-15-7/h4-6H,1-3H3,(H,12,13). The van der Waals surface area contributed by atoms with Gasteiger partial charge in [-0.05, 0) is 32.2 Å². The molecule has 4 nitrogen and oxygen atoms in total. The first-order chi connectivity index (χ1) is 6.90. The zero-order valence-electron chi connectivity index (χ0n) is 8.85. The fraction of sp³-hybridized carbons (Fsp3) is 0.400. The van der Waals surface area contributed by atoms with Gasteiger partial charge in [0.1, 0.15) is 5.60 Å². The maximum absolute atomic E-state index is 10.9. The highest BCUT2D eigenvalue weighted by Crippen LogP contribution is 2.13. The van der Waals surface area contributed by atoms with E-state index in [1.165, 1.54) is 11.3 Å². The number of oxime groups is 1. The molecule has 5 heteroatoms. The Morgan fingerprint density at radius 2 is 2.20 bits per heavy atom. The largest absolute Gasteiger partial charge is 0.476 e. The third-order valence-corrected chi connectivity index (χ3v) is 2.24. The van der Waals surface area contributed by atoms with Gasteiger partial charge in [-0.2, -0.15) is 0 Å². The number of carbonyl (C=O) groups is 1. The molecule has 0 amide bonds. The van der Waals surface area contributed by atoms with E-state index in [4.69, 9.17) is 9.94 Å². The van der Waals surface area contributed by atoms with Crippen molar-refractivity contribution >= 4 is 23.0 Å². The topological polar surface area (TPSA) is 58.9 Å². The summed E-state index contributed by atoms with van der Waals surface area (Å²) in [6, 6.07) is 3.47. The Morgan fingerprint density at radius 1 is 1.53 bits per heavy atom. The molecule has 0 bridgehead atoms. The Labute approximate surface area is 92.2 Å². The normalized spacial score (nSPS) is 12.6. The van der Waals surface area contributed by atoms with Gasteiger partial charge in [-0.25, -0.2) is 4.79 Å². The predicted octanol–water partition coefficient (Wildman–Crippen LogP) is 2.35. The second-order valence-electron chi connectivity index (χ2n) is 3.93. The minimum Gasteiger partial charge on any atom is -0.476 e. The number of carboxylic acid groups (broad SMARTS) is 1. The van der Waals surface area contributed by atoms with Gasteiger partial charge in [-0.15, -0.1) is 11.3 Å². The van der Waals surface area contributed by atoms with E-state index in [1.807, 2.05) is 20.8 Å². The van der Waals surface area contributed by atoms with Crippen LogP contribution in [-0.4, -0.2) is 22.4 Å². The van der Waals surface area contributed by atoms with Crippen molar-refractivity contribution in [1.82, 2.24) is 0 Å². The molecule has 0 radical (unpaired) electrons. The third-order valence-electron chi connectivity index (χ3n) is 1.37. The second-order valence-corrected chi connectivity index (χ2v) is 4.87. The molecule has 1 N–H and O–H groups in total. The summed E-state index contributed by atoms with van der Waals surface area (Å²) in [6.45, 7) is 5.43. The minimum atomic E-state index is -1.08. The van der Waals surface area contributed by atoms with Crippen molar-refractivity contribution in [2.75, 3.05) is 0 Å². The molecule has 82 valence electrons. The minimum absolute atomic E-state index is 0.0556. The van der Waals surface area contributed by atoms with Crippen LogP contribution in [-0.2, 0) is 9.63 Å². The van der Waals surface area contributed by atoms with Gasteiger partial charge in [-0.1, -0.05) is 11.2 Å². The van der Waals surface area contributed by atoms with Crippen molar-refractivity contribution in [1.29, 1.82) is 0 Å². The predicted molar refractivity (Wildman–Crippen MR) is 59.3 cm³/mol. The summed E-state index contributed by atoms with van der Waals surface area (Å²) in [6.07, 6.45) is 0. The lowest BCUT2D eigenvalue weighted by Crippen LogP contribution is -2.20. The van der Waals surface area contributed by atoms with Crippen LogP contribution in [0, 0.1) is 0 Å². The molecule has 0 unspecified atom stereocenters. The number of hydrogen-bond donors (Lipinski definition) is 1. The van der Waals surface area contributed by atoms with Crippen molar-refractivity contribution in [2.45, 2.75) is 26.4 Å². The summed E-state index contributed by atoms with van der Waals surface area (Å²) >= 11 is 1.32. The van der Waals surface area contributed by atoms with Gasteiger partial charge in [0, 0.05) is 0 Å². The quantitative estimate of drug-likeness (QED) is 0.637. The average Bonchev–Trinajstić information content (AvgIpc) is 2.54. The highest BCUT2D eigenvalue weighted by Gasteiger charge is 2.17. The van der Waals surface area contributed by atoms with Crippen LogP contribution in [0.25, 0.3) is 0 Å². The van der Waals surface area contributed by atoms with Gasteiger partial charge in [0.05, 0.1) is 4.88 Å². The van der Waals surface area contributed by atoms with Gasteiger partial charge >= 0.3 is 5.97 Å². The smallest absolute Gasteiger partial charge is 0.359 e. The molecule has 1 aromatic heterocycles. The van der Waals surface area contributed by atoms with Gasteiger partial charge in [0.25, 0.3) is 0 Å². The first-order valence-electron chi connectivity index (χ1n) is 4.43. The van der Waals surface area contributed by atoms with Crippen LogP contribution >= 0.6 is 11.3 Å². The fourth-order valence-electron chi connectivity index (χ4n) is 0.785. The number of thiophene rings is 1. The van der Waals surface area contributed by atoms with Crippen LogP contribution in [0.2, 0.25) is 0 Å². The van der Waals surface area contributed by atoms with Gasteiger partial charge < -0.3 is 9.94 Å². The Kier molecular flexibility index (Phi) is 3.47. The molecule has 1 rings (SSSR count). The molecule has 0 saturated carbocycles. The fourth-order valence-corrected chi connectivity index (χ4v) is 1.48. The number of hydrogen-bond acceptors (Lipinski definition) is 4. The van der Waals surface area contributed by atoms with Crippen molar-refractivity contribution in [2.24, 2.45) is 5.16 Å². The van der Waals surface area contributed by atoms with Crippen LogP contribution in [0.5, 0.6) is 0 Å². The zero-order valence-corrected chi connectivity index (χ0v) is 9.67. The Balaban J connectivity index is 2.90. The molecule has 0 aromatic carbocycles. The van der Waals surface area contributed by atoms with Gasteiger partial charge in [0.15, 0.2) is 0 Å². The Hall–Kier alpha value is -1.36. The van der Waals surface area contributed by atoms with Gasteiger partial charge in [0.2, 0.25) is 5.71 Å². The van der Waals surface area contributed by atoms with E-state index in [0.29, 0.717) is 4.88 Å². The van der Waals surface area contributed by atoms with E-state index < -0.39 is 11.6 Å². The molecule has 0 spiro atoms. The van der Waals surface area contributed by atoms with E-state index in [2.05, 4.69) is 5.16 Å². The molecule has 0 aliphatic rings. The lowest BCUT2D eigenvalue weighted by molar-refractivity contribution is -0.129. The highest BCUT2D eigenvalue weighted by atomic mass is 32.1. The monoisotopic (exact) mass is 227 g/mol. The van der Waals surface area contributed by atoms with Crippen molar-refractivity contribution in [3.63, 3.8) is 0 Å². The molecule has 0 saturated heterocycles. The van der Waals surface area contributed by atoms with Crippen LogP contribution in [0.3, 0.4) is 0 Å². The molecular formula is C10H13NO3S. The molecule has 0 aliphatic heterocycles. The number of rotatable bonds is 3. The molecule has 0 atom stereocenters. The van der Waals surface area contributed by atoms with Crippen LogP contribution < -0.4 is 0 Å². The van der Waals surface area contributed by atoms with E-state index >= 15 is 0 Å². The highest BCUT2D eigenvalue weighted by molar-refractivity contribution is 7.13. The van der Waals surface area contributed by atoms with E-state index in [9.17, 15) is 4.79 Å². The molecule has 0 aliphatic carbocycles.